The molecule has 0 saturated heterocycles. The van der Waals surface area contributed by atoms with E-state index in [1.54, 1.807) is 0 Å². The predicted molar refractivity (Wildman–Crippen MR) is 51.1 cm³/mol. The molecular formula is C10H15ClO. The van der Waals surface area contributed by atoms with Crippen molar-refractivity contribution >= 4 is 16.8 Å². The summed E-state index contributed by atoms with van der Waals surface area (Å²) in [6.07, 6.45) is 5.24. The Morgan fingerprint density at radius 3 is 2.50 bits per heavy atom. The molecule has 1 fully saturated rings. The Kier molecular flexibility index (Phi) is 2.62. The molecule has 1 nitrogen and oxygen atoms in total. The van der Waals surface area contributed by atoms with E-state index in [2.05, 4.69) is 32.9 Å². The maximum Gasteiger partial charge on any atom is 0.225 e. The van der Waals surface area contributed by atoms with E-state index in [0.717, 1.165) is 6.42 Å². The van der Waals surface area contributed by atoms with Crippen LogP contribution in [0.2, 0.25) is 0 Å². The van der Waals surface area contributed by atoms with Gasteiger partial charge in [0.15, 0.2) is 0 Å². The molecule has 1 aliphatic rings. The summed E-state index contributed by atoms with van der Waals surface area (Å²) < 4.78 is 0. The number of carbonyl (C=O) groups excluding carboxylic acids is 1. The lowest BCUT2D eigenvalue weighted by Gasteiger charge is -1.95. The van der Waals surface area contributed by atoms with Gasteiger partial charge in [-0.25, -0.2) is 0 Å². The van der Waals surface area contributed by atoms with E-state index in [4.69, 9.17) is 11.6 Å². The van der Waals surface area contributed by atoms with Gasteiger partial charge in [0.25, 0.3) is 0 Å². The second-order valence-corrected chi connectivity index (χ2v) is 4.34. The van der Waals surface area contributed by atoms with Gasteiger partial charge in [-0.15, -0.1) is 0 Å². The number of carbonyl (C=O) groups is 1. The van der Waals surface area contributed by atoms with Crippen molar-refractivity contribution in [2.45, 2.75) is 27.2 Å². The van der Waals surface area contributed by atoms with Crippen LogP contribution in [0.1, 0.15) is 27.2 Å². The van der Waals surface area contributed by atoms with Crippen LogP contribution in [0.15, 0.2) is 12.2 Å². The minimum atomic E-state index is -0.189. The molecular weight excluding hydrogens is 172 g/mol. The van der Waals surface area contributed by atoms with Crippen molar-refractivity contribution < 1.29 is 4.79 Å². The monoisotopic (exact) mass is 186 g/mol. The molecule has 0 aromatic heterocycles. The number of allylic oxidation sites excluding steroid dienone is 2. The van der Waals surface area contributed by atoms with Crippen LogP contribution in [0.3, 0.4) is 0 Å². The van der Waals surface area contributed by atoms with Crippen molar-refractivity contribution in [1.29, 1.82) is 0 Å². The fourth-order valence-electron chi connectivity index (χ4n) is 1.75. The first-order chi connectivity index (χ1) is 5.51. The summed E-state index contributed by atoms with van der Waals surface area (Å²) >= 11 is 5.46. The molecule has 1 rings (SSSR count). The highest BCUT2D eigenvalue weighted by Gasteiger charge is 2.59. The van der Waals surface area contributed by atoms with Gasteiger partial charge in [-0.2, -0.15) is 0 Å². The zero-order valence-electron chi connectivity index (χ0n) is 7.80. The van der Waals surface area contributed by atoms with Gasteiger partial charge in [0, 0.05) is 5.92 Å². The van der Waals surface area contributed by atoms with Crippen LogP contribution in [-0.2, 0) is 4.79 Å². The maximum atomic E-state index is 10.9. The molecule has 1 saturated carbocycles. The van der Waals surface area contributed by atoms with Gasteiger partial charge < -0.3 is 0 Å². The Labute approximate surface area is 78.8 Å². The van der Waals surface area contributed by atoms with Gasteiger partial charge in [-0.1, -0.05) is 32.9 Å². The van der Waals surface area contributed by atoms with Gasteiger partial charge >= 0.3 is 0 Å². The van der Waals surface area contributed by atoms with E-state index in [1.807, 2.05) is 0 Å². The highest BCUT2D eigenvalue weighted by Crippen LogP contribution is 2.59. The lowest BCUT2D eigenvalue weighted by Crippen LogP contribution is -1.96. The van der Waals surface area contributed by atoms with Gasteiger partial charge in [0.05, 0.1) is 0 Å². The molecule has 0 aromatic carbocycles. The van der Waals surface area contributed by atoms with Gasteiger partial charge in [0.1, 0.15) is 0 Å². The third-order valence-corrected chi connectivity index (χ3v) is 2.97. The van der Waals surface area contributed by atoms with Crippen molar-refractivity contribution in [3.8, 4) is 0 Å². The van der Waals surface area contributed by atoms with Crippen LogP contribution >= 0.6 is 11.6 Å². The molecule has 12 heavy (non-hydrogen) atoms. The first kappa shape index (κ1) is 9.79. The first-order valence-electron chi connectivity index (χ1n) is 4.37. The summed E-state index contributed by atoms with van der Waals surface area (Å²) in [6, 6.07) is 0. The van der Waals surface area contributed by atoms with E-state index in [1.165, 1.54) is 0 Å². The maximum absolute atomic E-state index is 10.9. The number of rotatable bonds is 3. The molecule has 0 aliphatic heterocycles. The van der Waals surface area contributed by atoms with Crippen LogP contribution < -0.4 is 0 Å². The van der Waals surface area contributed by atoms with E-state index in [9.17, 15) is 4.79 Å². The summed E-state index contributed by atoms with van der Waals surface area (Å²) in [5, 5.41) is -0.189. The minimum Gasteiger partial charge on any atom is -0.281 e. The Morgan fingerprint density at radius 1 is 1.58 bits per heavy atom. The second-order valence-electron chi connectivity index (χ2n) is 3.97. The average molecular weight is 187 g/mol. The molecule has 0 amide bonds. The topological polar surface area (TPSA) is 17.1 Å². The standard InChI is InChI=1S/C10H15ClO/c1-4-5-6-7-8(9(11)12)10(7,2)3/h5-8H,4H2,1-3H3/b6-5+/t7?,8-/m0/s1. The molecule has 68 valence electrons. The predicted octanol–water partition coefficient (Wildman–Crippen LogP) is 2.99. The third-order valence-electron chi connectivity index (χ3n) is 2.73. The van der Waals surface area contributed by atoms with Crippen molar-refractivity contribution in [3.63, 3.8) is 0 Å². The first-order valence-corrected chi connectivity index (χ1v) is 4.75. The van der Waals surface area contributed by atoms with Gasteiger partial charge in [0.2, 0.25) is 5.24 Å². The summed E-state index contributed by atoms with van der Waals surface area (Å²) in [5.74, 6) is 0.407. The van der Waals surface area contributed by atoms with E-state index in [-0.39, 0.29) is 16.6 Å². The Balaban J connectivity index is 2.60. The molecule has 0 bridgehead atoms. The van der Waals surface area contributed by atoms with Crippen molar-refractivity contribution in [1.82, 2.24) is 0 Å². The largest absolute Gasteiger partial charge is 0.281 e. The van der Waals surface area contributed by atoms with Crippen LogP contribution in [0.5, 0.6) is 0 Å². The van der Waals surface area contributed by atoms with E-state index < -0.39 is 0 Å². The molecule has 0 radical (unpaired) electrons. The number of hydrogen-bond donors (Lipinski definition) is 0. The molecule has 1 unspecified atom stereocenters. The van der Waals surface area contributed by atoms with E-state index in [0.29, 0.717) is 5.92 Å². The highest BCUT2D eigenvalue weighted by molar-refractivity contribution is 6.64. The smallest absolute Gasteiger partial charge is 0.225 e. The van der Waals surface area contributed by atoms with Crippen LogP contribution in [0, 0.1) is 17.3 Å². The summed E-state index contributed by atoms with van der Waals surface area (Å²) in [6.45, 7) is 6.26. The lowest BCUT2D eigenvalue weighted by atomic mass is 10.1. The van der Waals surface area contributed by atoms with E-state index >= 15 is 0 Å². The normalized spacial score (nSPS) is 32.3. The molecule has 0 spiro atoms. The molecule has 2 heteroatoms. The fraction of sp³-hybridized carbons (Fsp3) is 0.700. The average Bonchev–Trinajstić information content (AvgIpc) is 2.49. The number of hydrogen-bond acceptors (Lipinski definition) is 1. The van der Waals surface area contributed by atoms with Crippen LogP contribution in [0.25, 0.3) is 0 Å². The van der Waals surface area contributed by atoms with Crippen molar-refractivity contribution in [3.05, 3.63) is 12.2 Å². The zero-order valence-corrected chi connectivity index (χ0v) is 8.56. The quantitative estimate of drug-likeness (QED) is 0.489. The fourth-order valence-corrected chi connectivity index (χ4v) is 2.17. The van der Waals surface area contributed by atoms with Crippen molar-refractivity contribution in [2.75, 3.05) is 0 Å². The van der Waals surface area contributed by atoms with Gasteiger partial charge in [-0.05, 0) is 29.4 Å². The molecule has 0 N–H and O–H groups in total. The summed E-state index contributed by atoms with van der Waals surface area (Å²) in [4.78, 5) is 10.9. The zero-order chi connectivity index (χ0) is 9.35. The van der Waals surface area contributed by atoms with Crippen LogP contribution in [0.4, 0.5) is 0 Å². The SMILES string of the molecule is CC/C=C/C1[C@@H](C(=O)Cl)C1(C)C. The Bertz CT molecular complexity index is 218. The Morgan fingerprint density at radius 2 is 2.17 bits per heavy atom. The van der Waals surface area contributed by atoms with Crippen LogP contribution in [-0.4, -0.2) is 5.24 Å². The molecule has 0 aromatic rings. The Hall–Kier alpha value is -0.300. The third kappa shape index (κ3) is 1.56. The second kappa shape index (κ2) is 3.21. The summed E-state index contributed by atoms with van der Waals surface area (Å²) in [7, 11) is 0. The highest BCUT2D eigenvalue weighted by atomic mass is 35.5. The molecule has 2 atom stereocenters. The molecule has 1 aliphatic carbocycles. The molecule has 0 heterocycles. The number of halogens is 1. The van der Waals surface area contributed by atoms with Gasteiger partial charge in [-0.3, -0.25) is 4.79 Å². The minimum absolute atomic E-state index is 0.0435. The lowest BCUT2D eigenvalue weighted by molar-refractivity contribution is -0.113. The van der Waals surface area contributed by atoms with Crippen molar-refractivity contribution in [2.24, 2.45) is 17.3 Å². The summed E-state index contributed by atoms with van der Waals surface area (Å²) in [5.41, 5.74) is 0.0878.